The summed E-state index contributed by atoms with van der Waals surface area (Å²) in [5.41, 5.74) is 4.92. The lowest BCUT2D eigenvalue weighted by molar-refractivity contribution is 0.413. The van der Waals surface area contributed by atoms with Crippen molar-refractivity contribution in [1.29, 1.82) is 0 Å². The lowest BCUT2D eigenvalue weighted by Crippen LogP contribution is -2.08. The van der Waals surface area contributed by atoms with Crippen molar-refractivity contribution < 1.29 is 4.74 Å². The number of halogens is 1. The molecule has 0 bridgehead atoms. The molecule has 2 aromatic heterocycles. The molecule has 1 aliphatic rings. The molecule has 7 nitrogen and oxygen atoms in total. The molecule has 3 heterocycles. The van der Waals surface area contributed by atoms with Gasteiger partial charge in [0, 0.05) is 23.0 Å². The fraction of sp³-hybridized carbons (Fsp3) is 0.227. The van der Waals surface area contributed by atoms with E-state index in [1.54, 1.807) is 13.4 Å². The molecule has 1 aliphatic heterocycles. The maximum Gasteiger partial charge on any atom is 0.176 e. The second-order valence-corrected chi connectivity index (χ2v) is 7.75. The van der Waals surface area contributed by atoms with Crippen molar-refractivity contribution in [3.05, 3.63) is 77.0 Å². The maximum absolute atomic E-state index is 6.41. The molecule has 2 aromatic carbocycles. The second kappa shape index (κ2) is 7.50. The standard InChI is InChI=1S/C22H21ClN6O/c1-14-12-28(13-24-14)19-8-7-15(11-21(19)30-2)25-22-20-10-9-18(29(20)27-26-22)16-5-3-4-6-17(16)23/h3-8,11-13,18,25H,9-10H2,1-2H3. The topological polar surface area (TPSA) is 69.8 Å². The maximum atomic E-state index is 6.41. The fourth-order valence-corrected chi connectivity index (χ4v) is 4.24. The number of rotatable bonds is 5. The quantitative estimate of drug-likeness (QED) is 0.506. The van der Waals surface area contributed by atoms with Crippen molar-refractivity contribution in [2.45, 2.75) is 25.8 Å². The molecule has 152 valence electrons. The van der Waals surface area contributed by atoms with Gasteiger partial charge < -0.3 is 14.6 Å². The molecule has 0 aliphatic carbocycles. The first kappa shape index (κ1) is 18.7. The van der Waals surface area contributed by atoms with Gasteiger partial charge in [-0.2, -0.15) is 0 Å². The van der Waals surface area contributed by atoms with Gasteiger partial charge in [-0.15, -0.1) is 5.10 Å². The molecule has 1 N–H and O–H groups in total. The smallest absolute Gasteiger partial charge is 0.176 e. The van der Waals surface area contributed by atoms with Crippen LogP contribution in [-0.4, -0.2) is 31.7 Å². The zero-order chi connectivity index (χ0) is 20.7. The Bertz CT molecular complexity index is 1210. The van der Waals surface area contributed by atoms with Crippen LogP contribution in [0, 0.1) is 6.92 Å². The third kappa shape index (κ3) is 3.21. The highest BCUT2D eigenvalue weighted by Crippen LogP contribution is 2.37. The molecule has 0 amide bonds. The van der Waals surface area contributed by atoms with Crippen LogP contribution in [0.5, 0.6) is 5.75 Å². The second-order valence-electron chi connectivity index (χ2n) is 7.34. The molecule has 0 radical (unpaired) electrons. The summed E-state index contributed by atoms with van der Waals surface area (Å²) in [7, 11) is 1.66. The summed E-state index contributed by atoms with van der Waals surface area (Å²) in [5.74, 6) is 1.51. The molecule has 4 aromatic rings. The normalized spacial score (nSPS) is 15.2. The monoisotopic (exact) mass is 420 g/mol. The van der Waals surface area contributed by atoms with E-state index in [0.29, 0.717) is 0 Å². The minimum atomic E-state index is 0.109. The number of fused-ring (bicyclic) bond motifs is 1. The van der Waals surface area contributed by atoms with Crippen molar-refractivity contribution in [2.75, 3.05) is 12.4 Å². The zero-order valence-electron chi connectivity index (χ0n) is 16.7. The molecule has 0 saturated carbocycles. The summed E-state index contributed by atoms with van der Waals surface area (Å²) in [4.78, 5) is 4.29. The Morgan fingerprint density at radius 3 is 2.83 bits per heavy atom. The number of aromatic nitrogens is 5. The number of hydrogen-bond donors (Lipinski definition) is 1. The van der Waals surface area contributed by atoms with Crippen LogP contribution >= 0.6 is 11.6 Å². The number of anilines is 2. The van der Waals surface area contributed by atoms with Crippen LogP contribution < -0.4 is 10.1 Å². The Kier molecular flexibility index (Phi) is 4.67. The van der Waals surface area contributed by atoms with Gasteiger partial charge in [0.2, 0.25) is 0 Å². The lowest BCUT2D eigenvalue weighted by Gasteiger charge is -2.13. The molecule has 1 unspecified atom stereocenters. The third-order valence-corrected chi connectivity index (χ3v) is 5.78. The summed E-state index contributed by atoms with van der Waals surface area (Å²) in [5, 5.41) is 12.9. The van der Waals surface area contributed by atoms with E-state index in [-0.39, 0.29) is 6.04 Å². The summed E-state index contributed by atoms with van der Waals surface area (Å²) in [6, 6.07) is 14.0. The predicted molar refractivity (Wildman–Crippen MR) is 116 cm³/mol. The van der Waals surface area contributed by atoms with E-state index in [4.69, 9.17) is 16.3 Å². The Morgan fingerprint density at radius 1 is 1.20 bits per heavy atom. The number of nitrogens with one attached hydrogen (secondary N) is 1. The number of hydrogen-bond acceptors (Lipinski definition) is 5. The van der Waals surface area contributed by atoms with E-state index in [2.05, 4.69) is 26.7 Å². The molecule has 8 heteroatoms. The van der Waals surface area contributed by atoms with E-state index in [0.717, 1.165) is 57.8 Å². The van der Waals surface area contributed by atoms with Crippen LogP contribution in [0.25, 0.3) is 5.69 Å². The Balaban J connectivity index is 1.43. The van der Waals surface area contributed by atoms with Crippen molar-refractivity contribution >= 4 is 23.1 Å². The van der Waals surface area contributed by atoms with Crippen LogP contribution in [0.15, 0.2) is 55.0 Å². The van der Waals surface area contributed by atoms with Crippen LogP contribution in [-0.2, 0) is 6.42 Å². The Hall–Kier alpha value is -3.32. The van der Waals surface area contributed by atoms with Gasteiger partial charge in [-0.25, -0.2) is 9.67 Å². The lowest BCUT2D eigenvalue weighted by atomic mass is 10.1. The van der Waals surface area contributed by atoms with Gasteiger partial charge in [0.25, 0.3) is 0 Å². The Labute approximate surface area is 179 Å². The highest BCUT2D eigenvalue weighted by Gasteiger charge is 2.29. The molecule has 0 saturated heterocycles. The number of methoxy groups -OCH3 is 1. The van der Waals surface area contributed by atoms with Crippen LogP contribution in [0.4, 0.5) is 11.5 Å². The fourth-order valence-electron chi connectivity index (χ4n) is 3.98. The number of benzene rings is 2. The SMILES string of the molecule is COc1cc(Nc2nnn3c2CCC3c2ccccc2Cl)ccc1-n1cnc(C)c1. The minimum absolute atomic E-state index is 0.109. The molecule has 0 spiro atoms. The molecular formula is C22H21ClN6O. The highest BCUT2D eigenvalue weighted by atomic mass is 35.5. The van der Waals surface area contributed by atoms with E-state index in [1.807, 2.05) is 58.8 Å². The summed E-state index contributed by atoms with van der Waals surface area (Å²) >= 11 is 6.41. The van der Waals surface area contributed by atoms with Crippen molar-refractivity contribution in [3.8, 4) is 11.4 Å². The first-order valence-corrected chi connectivity index (χ1v) is 10.2. The van der Waals surface area contributed by atoms with E-state index in [1.165, 1.54) is 0 Å². The first-order valence-electron chi connectivity index (χ1n) is 9.78. The highest BCUT2D eigenvalue weighted by molar-refractivity contribution is 6.31. The number of ether oxygens (including phenoxy) is 1. The minimum Gasteiger partial charge on any atom is -0.494 e. The van der Waals surface area contributed by atoms with Crippen LogP contribution in [0.1, 0.15) is 29.4 Å². The molecule has 30 heavy (non-hydrogen) atoms. The van der Waals surface area contributed by atoms with Crippen molar-refractivity contribution in [3.63, 3.8) is 0 Å². The van der Waals surface area contributed by atoms with Gasteiger partial charge in [-0.1, -0.05) is 35.0 Å². The van der Waals surface area contributed by atoms with E-state index < -0.39 is 0 Å². The van der Waals surface area contributed by atoms with Gasteiger partial charge in [-0.3, -0.25) is 0 Å². The largest absolute Gasteiger partial charge is 0.494 e. The van der Waals surface area contributed by atoms with Gasteiger partial charge in [0.1, 0.15) is 5.75 Å². The summed E-state index contributed by atoms with van der Waals surface area (Å²) in [6.45, 7) is 1.96. The molecule has 5 rings (SSSR count). The van der Waals surface area contributed by atoms with E-state index in [9.17, 15) is 0 Å². The molecule has 0 fully saturated rings. The molecule has 1 atom stereocenters. The van der Waals surface area contributed by atoms with Gasteiger partial charge in [0.05, 0.1) is 36.6 Å². The van der Waals surface area contributed by atoms with Crippen molar-refractivity contribution in [1.82, 2.24) is 24.5 Å². The van der Waals surface area contributed by atoms with Gasteiger partial charge >= 0.3 is 0 Å². The van der Waals surface area contributed by atoms with Gasteiger partial charge in [0.15, 0.2) is 5.82 Å². The Morgan fingerprint density at radius 2 is 2.07 bits per heavy atom. The summed E-state index contributed by atoms with van der Waals surface area (Å²) < 4.78 is 9.53. The number of imidazole rings is 1. The molecular weight excluding hydrogens is 400 g/mol. The number of aryl methyl sites for hydroxylation is 1. The third-order valence-electron chi connectivity index (χ3n) is 5.44. The van der Waals surface area contributed by atoms with Crippen molar-refractivity contribution in [2.24, 2.45) is 0 Å². The number of nitrogens with zero attached hydrogens (tertiary/aromatic N) is 5. The predicted octanol–water partition coefficient (Wildman–Crippen LogP) is 4.71. The van der Waals surface area contributed by atoms with Crippen LogP contribution in [0.3, 0.4) is 0 Å². The van der Waals surface area contributed by atoms with E-state index >= 15 is 0 Å². The van der Waals surface area contributed by atoms with Crippen LogP contribution in [0.2, 0.25) is 5.02 Å². The summed E-state index contributed by atoms with van der Waals surface area (Å²) in [6.07, 6.45) is 5.58. The van der Waals surface area contributed by atoms with Gasteiger partial charge in [-0.05, 0) is 43.5 Å². The average molecular weight is 421 g/mol. The average Bonchev–Trinajstić information content (AvgIpc) is 3.46. The first-order chi connectivity index (χ1) is 14.6. The zero-order valence-corrected chi connectivity index (χ0v) is 17.5.